The van der Waals surface area contributed by atoms with Gasteiger partial charge in [-0.1, -0.05) is 0 Å². The van der Waals surface area contributed by atoms with Crippen molar-refractivity contribution in [1.29, 1.82) is 0 Å². The lowest BCUT2D eigenvalue weighted by molar-refractivity contribution is 0.247. The molecule has 2 saturated heterocycles. The second kappa shape index (κ2) is 5.69. The summed E-state index contributed by atoms with van der Waals surface area (Å²) in [4.78, 5) is 4.97. The number of likely N-dealkylation sites (tertiary alicyclic amines) is 2. The van der Waals surface area contributed by atoms with Gasteiger partial charge in [0.1, 0.15) is 11.6 Å². The van der Waals surface area contributed by atoms with Crippen LogP contribution in [0.2, 0.25) is 0 Å². The molecule has 0 bridgehead atoms. The number of rotatable bonds is 4. The second-order valence-corrected chi connectivity index (χ2v) is 7.14. The molecular formula is C16H27N5. The molecule has 5 heteroatoms. The molecule has 0 N–H and O–H groups in total. The van der Waals surface area contributed by atoms with Gasteiger partial charge in [0.05, 0.1) is 6.54 Å². The lowest BCUT2D eigenvalue weighted by Gasteiger charge is -2.28. The Kier molecular flexibility index (Phi) is 3.71. The average Bonchev–Trinajstić information content (AvgIpc) is 3.04. The molecule has 5 nitrogen and oxygen atoms in total. The zero-order chi connectivity index (χ0) is 14.2. The molecule has 2 aliphatic heterocycles. The standard InChI is InChI=1S/C16H27N5/c1-19-10-6-13(7-11-19)16-18-17-15(21(16)14-4-5-14)12-20-8-2-3-9-20/h13-14H,2-12H2,1H3. The number of piperidine rings is 1. The molecule has 4 rings (SSSR count). The molecule has 0 spiro atoms. The van der Waals surface area contributed by atoms with Crippen LogP contribution in [0.25, 0.3) is 0 Å². The Morgan fingerprint density at radius 1 is 0.952 bits per heavy atom. The largest absolute Gasteiger partial charge is 0.311 e. The fourth-order valence-electron chi connectivity index (χ4n) is 3.86. The highest BCUT2D eigenvalue weighted by molar-refractivity contribution is 5.09. The van der Waals surface area contributed by atoms with Crippen molar-refractivity contribution in [3.05, 3.63) is 11.6 Å². The molecule has 0 atom stereocenters. The maximum atomic E-state index is 4.64. The van der Waals surface area contributed by atoms with Crippen LogP contribution >= 0.6 is 0 Å². The predicted octanol–water partition coefficient (Wildman–Crippen LogP) is 2.02. The van der Waals surface area contributed by atoms with Gasteiger partial charge in [0.15, 0.2) is 0 Å². The van der Waals surface area contributed by atoms with Gasteiger partial charge in [0.25, 0.3) is 0 Å². The van der Waals surface area contributed by atoms with E-state index in [0.717, 1.165) is 6.54 Å². The van der Waals surface area contributed by atoms with Gasteiger partial charge >= 0.3 is 0 Å². The minimum Gasteiger partial charge on any atom is -0.311 e. The summed E-state index contributed by atoms with van der Waals surface area (Å²) in [7, 11) is 2.22. The van der Waals surface area contributed by atoms with Crippen LogP contribution in [0.3, 0.4) is 0 Å². The summed E-state index contributed by atoms with van der Waals surface area (Å²) in [6, 6.07) is 0.701. The number of nitrogens with zero attached hydrogens (tertiary/aromatic N) is 5. The molecule has 1 aromatic heterocycles. The molecule has 0 amide bonds. The maximum absolute atomic E-state index is 4.64. The van der Waals surface area contributed by atoms with Crippen LogP contribution in [0.1, 0.15) is 62.1 Å². The lowest BCUT2D eigenvalue weighted by Crippen LogP contribution is -2.30. The van der Waals surface area contributed by atoms with Crippen molar-refractivity contribution in [1.82, 2.24) is 24.6 Å². The van der Waals surface area contributed by atoms with Gasteiger partial charge in [-0.2, -0.15) is 0 Å². The molecule has 116 valence electrons. The fourth-order valence-corrected chi connectivity index (χ4v) is 3.86. The monoisotopic (exact) mass is 289 g/mol. The SMILES string of the molecule is CN1CCC(c2nnc(CN3CCCC3)n2C2CC2)CC1. The quantitative estimate of drug-likeness (QED) is 0.850. The summed E-state index contributed by atoms with van der Waals surface area (Å²) in [6.07, 6.45) is 7.82. The van der Waals surface area contributed by atoms with Crippen molar-refractivity contribution in [2.75, 3.05) is 33.2 Å². The summed E-state index contributed by atoms with van der Waals surface area (Å²) in [5.74, 6) is 3.15. The molecule has 3 heterocycles. The van der Waals surface area contributed by atoms with Crippen molar-refractivity contribution < 1.29 is 0 Å². The summed E-state index contributed by atoms with van der Waals surface area (Å²) in [5, 5.41) is 9.23. The van der Waals surface area contributed by atoms with Crippen molar-refractivity contribution in [2.24, 2.45) is 0 Å². The smallest absolute Gasteiger partial charge is 0.147 e. The molecule has 1 aromatic rings. The third-order valence-electron chi connectivity index (χ3n) is 5.35. The van der Waals surface area contributed by atoms with Crippen molar-refractivity contribution >= 4 is 0 Å². The predicted molar refractivity (Wildman–Crippen MR) is 82.3 cm³/mol. The highest BCUT2D eigenvalue weighted by Gasteiger charge is 2.33. The number of aromatic nitrogens is 3. The number of hydrogen-bond donors (Lipinski definition) is 0. The Hall–Kier alpha value is -0.940. The van der Waals surface area contributed by atoms with Crippen molar-refractivity contribution in [3.63, 3.8) is 0 Å². The second-order valence-electron chi connectivity index (χ2n) is 7.14. The molecule has 1 saturated carbocycles. The van der Waals surface area contributed by atoms with Crippen LogP contribution in [0.5, 0.6) is 0 Å². The van der Waals surface area contributed by atoms with E-state index in [1.165, 1.54) is 76.4 Å². The first-order valence-corrected chi connectivity index (χ1v) is 8.66. The maximum Gasteiger partial charge on any atom is 0.147 e. The third kappa shape index (κ3) is 2.86. The van der Waals surface area contributed by atoms with E-state index in [1.807, 2.05) is 0 Å². The Morgan fingerprint density at radius 2 is 1.67 bits per heavy atom. The van der Waals surface area contributed by atoms with E-state index >= 15 is 0 Å². The molecule has 1 aliphatic carbocycles. The van der Waals surface area contributed by atoms with E-state index in [0.29, 0.717) is 12.0 Å². The number of hydrogen-bond acceptors (Lipinski definition) is 4. The first kappa shape index (κ1) is 13.7. The van der Waals surface area contributed by atoms with Crippen LogP contribution in [-0.2, 0) is 6.54 Å². The Balaban J connectivity index is 1.54. The van der Waals surface area contributed by atoms with Crippen LogP contribution in [0, 0.1) is 0 Å². The van der Waals surface area contributed by atoms with Gasteiger partial charge in [-0.3, -0.25) is 4.90 Å². The molecule has 0 unspecified atom stereocenters. The third-order valence-corrected chi connectivity index (χ3v) is 5.35. The van der Waals surface area contributed by atoms with Gasteiger partial charge < -0.3 is 9.47 Å². The summed E-state index contributed by atoms with van der Waals surface area (Å²) < 4.78 is 2.52. The Morgan fingerprint density at radius 3 is 2.33 bits per heavy atom. The Labute approximate surface area is 127 Å². The van der Waals surface area contributed by atoms with E-state index in [-0.39, 0.29) is 0 Å². The van der Waals surface area contributed by atoms with Gasteiger partial charge in [0.2, 0.25) is 0 Å². The van der Waals surface area contributed by atoms with Crippen LogP contribution in [0.4, 0.5) is 0 Å². The minimum absolute atomic E-state index is 0.627. The van der Waals surface area contributed by atoms with Crippen LogP contribution in [-0.4, -0.2) is 57.8 Å². The zero-order valence-corrected chi connectivity index (χ0v) is 13.2. The van der Waals surface area contributed by atoms with Crippen LogP contribution in [0.15, 0.2) is 0 Å². The molecule has 3 aliphatic rings. The van der Waals surface area contributed by atoms with E-state index in [1.54, 1.807) is 0 Å². The first-order valence-electron chi connectivity index (χ1n) is 8.66. The zero-order valence-electron chi connectivity index (χ0n) is 13.2. The van der Waals surface area contributed by atoms with E-state index < -0.39 is 0 Å². The minimum atomic E-state index is 0.627. The highest BCUT2D eigenvalue weighted by Crippen LogP contribution is 2.40. The molecule has 21 heavy (non-hydrogen) atoms. The highest BCUT2D eigenvalue weighted by atomic mass is 15.3. The van der Waals surface area contributed by atoms with E-state index in [4.69, 9.17) is 0 Å². The Bertz CT molecular complexity index is 479. The summed E-state index contributed by atoms with van der Waals surface area (Å²) in [5.41, 5.74) is 0. The lowest BCUT2D eigenvalue weighted by atomic mass is 9.96. The van der Waals surface area contributed by atoms with E-state index in [9.17, 15) is 0 Å². The van der Waals surface area contributed by atoms with Gasteiger partial charge in [-0.15, -0.1) is 10.2 Å². The van der Waals surface area contributed by atoms with Crippen molar-refractivity contribution in [3.8, 4) is 0 Å². The van der Waals surface area contributed by atoms with Crippen LogP contribution < -0.4 is 0 Å². The normalized spacial score (nSPS) is 25.8. The molecular weight excluding hydrogens is 262 g/mol. The van der Waals surface area contributed by atoms with Crippen molar-refractivity contribution in [2.45, 2.75) is 57.0 Å². The molecule has 0 radical (unpaired) electrons. The summed E-state index contributed by atoms with van der Waals surface area (Å²) in [6.45, 7) is 5.88. The average molecular weight is 289 g/mol. The van der Waals surface area contributed by atoms with E-state index in [2.05, 4.69) is 31.6 Å². The van der Waals surface area contributed by atoms with Gasteiger partial charge in [0, 0.05) is 12.0 Å². The topological polar surface area (TPSA) is 37.2 Å². The van der Waals surface area contributed by atoms with Gasteiger partial charge in [-0.05, 0) is 71.8 Å². The summed E-state index contributed by atoms with van der Waals surface area (Å²) >= 11 is 0. The molecule has 3 fully saturated rings. The first-order chi connectivity index (χ1) is 10.3. The molecule has 0 aromatic carbocycles. The fraction of sp³-hybridized carbons (Fsp3) is 0.875. The van der Waals surface area contributed by atoms with Gasteiger partial charge in [-0.25, -0.2) is 0 Å².